The molecule has 0 aromatic heterocycles. The minimum Gasteiger partial charge on any atom is -0.490 e. The van der Waals surface area contributed by atoms with Crippen LogP contribution in [-0.2, 0) is 11.4 Å². The van der Waals surface area contributed by atoms with Gasteiger partial charge >= 0.3 is 0 Å². The van der Waals surface area contributed by atoms with E-state index < -0.39 is 5.91 Å². The molecule has 5 nitrogen and oxygen atoms in total. The van der Waals surface area contributed by atoms with Crippen molar-refractivity contribution in [1.82, 2.24) is 0 Å². The quantitative estimate of drug-likeness (QED) is 0.217. The summed E-state index contributed by atoms with van der Waals surface area (Å²) in [4.78, 5) is 12.5. The summed E-state index contributed by atoms with van der Waals surface area (Å²) in [5, 5.41) is 12.2. The number of amides is 1. The third-order valence-corrected chi connectivity index (χ3v) is 5.11. The van der Waals surface area contributed by atoms with E-state index in [2.05, 4.69) is 27.9 Å². The van der Waals surface area contributed by atoms with E-state index in [-0.39, 0.29) is 18.0 Å². The predicted octanol–water partition coefficient (Wildman–Crippen LogP) is 5.95. The molecule has 0 aliphatic heterocycles. The fourth-order valence-electron chi connectivity index (χ4n) is 2.89. The number of benzene rings is 3. The third-order valence-electron chi connectivity index (χ3n) is 4.31. The zero-order valence-electron chi connectivity index (χ0n) is 17.3. The second kappa shape index (κ2) is 11.3. The normalized spacial score (nSPS) is 10.9. The van der Waals surface area contributed by atoms with Crippen LogP contribution < -0.4 is 14.8 Å². The van der Waals surface area contributed by atoms with Gasteiger partial charge in [-0.3, -0.25) is 4.79 Å². The first-order chi connectivity index (χ1) is 15.5. The minimum atomic E-state index is -0.502. The van der Waals surface area contributed by atoms with E-state index in [1.165, 1.54) is 18.2 Å². The van der Waals surface area contributed by atoms with Crippen molar-refractivity contribution in [2.75, 3.05) is 11.9 Å². The number of carbonyl (C=O) groups is 1. The number of anilines is 1. The summed E-state index contributed by atoms with van der Waals surface area (Å²) in [6.45, 7) is 2.42. The summed E-state index contributed by atoms with van der Waals surface area (Å²) in [5.74, 6) is 0.158. The van der Waals surface area contributed by atoms with E-state index in [9.17, 15) is 14.4 Å². The Hall–Kier alpha value is -3.38. The predicted molar refractivity (Wildman–Crippen MR) is 130 cm³/mol. The largest absolute Gasteiger partial charge is 0.490 e. The number of hydrogen-bond acceptors (Lipinski definition) is 4. The van der Waals surface area contributed by atoms with Gasteiger partial charge in [-0.1, -0.05) is 30.3 Å². The van der Waals surface area contributed by atoms with Gasteiger partial charge in [-0.25, -0.2) is 4.39 Å². The molecule has 0 aliphatic carbocycles. The van der Waals surface area contributed by atoms with E-state index in [1.807, 2.05) is 19.1 Å². The summed E-state index contributed by atoms with van der Waals surface area (Å²) >= 11 is 2.10. The molecule has 0 atom stereocenters. The standard InChI is InChI=1S/C25H20FIN2O3/c1-2-31-23-14-18(11-19(15-28)25(30)29-21-9-4-3-5-10-21)13-22(27)24(23)32-16-17-7-6-8-20(26)12-17/h3-14H,2,16H2,1H3,(H,29,30)/b19-11+. The molecule has 3 aromatic carbocycles. The molecular weight excluding hydrogens is 522 g/mol. The number of halogens is 2. The molecule has 7 heteroatoms. The van der Waals surface area contributed by atoms with Crippen molar-refractivity contribution in [2.45, 2.75) is 13.5 Å². The van der Waals surface area contributed by atoms with Gasteiger partial charge in [0.2, 0.25) is 0 Å². The van der Waals surface area contributed by atoms with Gasteiger partial charge in [0.25, 0.3) is 5.91 Å². The second-order valence-corrected chi connectivity index (χ2v) is 7.83. The van der Waals surface area contributed by atoms with Crippen LogP contribution in [0.3, 0.4) is 0 Å². The van der Waals surface area contributed by atoms with Gasteiger partial charge in [-0.15, -0.1) is 0 Å². The van der Waals surface area contributed by atoms with Gasteiger partial charge in [0.15, 0.2) is 11.5 Å². The average Bonchev–Trinajstić information content (AvgIpc) is 2.78. The van der Waals surface area contributed by atoms with Gasteiger partial charge in [0, 0.05) is 5.69 Å². The number of nitrogens with zero attached hydrogens (tertiary/aromatic N) is 1. The molecule has 0 heterocycles. The van der Waals surface area contributed by atoms with Crippen molar-refractivity contribution in [3.63, 3.8) is 0 Å². The molecule has 0 radical (unpaired) electrons. The lowest BCUT2D eigenvalue weighted by molar-refractivity contribution is -0.112. The number of nitrogens with one attached hydrogen (secondary N) is 1. The second-order valence-electron chi connectivity index (χ2n) is 6.67. The van der Waals surface area contributed by atoms with E-state index in [4.69, 9.17) is 9.47 Å². The summed E-state index contributed by atoms with van der Waals surface area (Å²) in [6, 6.07) is 20.6. The maximum absolute atomic E-state index is 13.4. The van der Waals surface area contributed by atoms with Gasteiger partial charge in [-0.05, 0) is 83.1 Å². The molecule has 0 unspecified atom stereocenters. The maximum atomic E-state index is 13.4. The fraction of sp³-hybridized carbons (Fsp3) is 0.120. The van der Waals surface area contributed by atoms with Crippen LogP contribution in [0.2, 0.25) is 0 Å². The van der Waals surface area contributed by atoms with Crippen molar-refractivity contribution >= 4 is 40.3 Å². The fourth-order valence-corrected chi connectivity index (χ4v) is 3.67. The number of carbonyl (C=O) groups excluding carboxylic acids is 1. The van der Waals surface area contributed by atoms with Crippen LogP contribution in [0.1, 0.15) is 18.1 Å². The lowest BCUT2D eigenvalue weighted by Crippen LogP contribution is -2.13. The summed E-state index contributed by atoms with van der Waals surface area (Å²) in [5.41, 5.74) is 1.87. The first-order valence-corrected chi connectivity index (χ1v) is 10.9. The van der Waals surface area contributed by atoms with Crippen LogP contribution in [-0.4, -0.2) is 12.5 Å². The van der Waals surface area contributed by atoms with Crippen molar-refractivity contribution in [1.29, 1.82) is 5.26 Å². The number of para-hydroxylation sites is 1. The average molecular weight is 542 g/mol. The summed E-state index contributed by atoms with van der Waals surface area (Å²) in [6.07, 6.45) is 1.50. The molecule has 3 aromatic rings. The Morgan fingerprint density at radius 1 is 1.12 bits per heavy atom. The zero-order chi connectivity index (χ0) is 22.9. The van der Waals surface area contributed by atoms with Crippen molar-refractivity contribution < 1.29 is 18.7 Å². The topological polar surface area (TPSA) is 71.3 Å². The smallest absolute Gasteiger partial charge is 0.266 e. The molecule has 3 rings (SSSR count). The monoisotopic (exact) mass is 542 g/mol. The van der Waals surface area contributed by atoms with E-state index in [0.29, 0.717) is 34.9 Å². The maximum Gasteiger partial charge on any atom is 0.266 e. The molecule has 0 saturated heterocycles. The van der Waals surface area contributed by atoms with Crippen LogP contribution in [0.4, 0.5) is 10.1 Å². The van der Waals surface area contributed by atoms with E-state index in [1.54, 1.807) is 48.5 Å². The van der Waals surface area contributed by atoms with Crippen LogP contribution in [0.25, 0.3) is 6.08 Å². The van der Waals surface area contributed by atoms with Crippen LogP contribution in [0, 0.1) is 20.7 Å². The number of hydrogen-bond donors (Lipinski definition) is 1. The Balaban J connectivity index is 1.85. The summed E-state index contributed by atoms with van der Waals surface area (Å²) in [7, 11) is 0. The Bertz CT molecular complexity index is 1170. The molecule has 1 amide bonds. The number of nitriles is 1. The lowest BCUT2D eigenvalue weighted by Gasteiger charge is -2.15. The highest BCUT2D eigenvalue weighted by molar-refractivity contribution is 14.1. The first kappa shape index (κ1) is 23.3. The Morgan fingerprint density at radius 2 is 1.91 bits per heavy atom. The van der Waals surface area contributed by atoms with Gasteiger partial charge < -0.3 is 14.8 Å². The van der Waals surface area contributed by atoms with E-state index in [0.717, 1.165) is 3.57 Å². The SMILES string of the molecule is CCOc1cc(/C=C(\C#N)C(=O)Nc2ccccc2)cc(I)c1OCc1cccc(F)c1. The van der Waals surface area contributed by atoms with Gasteiger partial charge in [0.1, 0.15) is 24.1 Å². The van der Waals surface area contributed by atoms with Gasteiger partial charge in [0.05, 0.1) is 10.2 Å². The minimum absolute atomic E-state index is 0.0412. The van der Waals surface area contributed by atoms with Crippen LogP contribution in [0.15, 0.2) is 72.3 Å². The Kier molecular flexibility index (Phi) is 8.22. The Labute approximate surface area is 199 Å². The molecular formula is C25H20FIN2O3. The molecule has 162 valence electrons. The van der Waals surface area contributed by atoms with Crippen molar-refractivity contribution in [3.8, 4) is 17.6 Å². The molecule has 0 aliphatic rings. The molecule has 0 bridgehead atoms. The van der Waals surface area contributed by atoms with Crippen molar-refractivity contribution in [3.05, 3.63) is 92.8 Å². The molecule has 0 spiro atoms. The molecule has 1 N–H and O–H groups in total. The van der Waals surface area contributed by atoms with Gasteiger partial charge in [-0.2, -0.15) is 5.26 Å². The van der Waals surface area contributed by atoms with Crippen LogP contribution >= 0.6 is 22.6 Å². The highest BCUT2D eigenvalue weighted by Crippen LogP contribution is 2.35. The van der Waals surface area contributed by atoms with E-state index >= 15 is 0 Å². The first-order valence-electron chi connectivity index (χ1n) is 9.82. The molecule has 0 saturated carbocycles. The van der Waals surface area contributed by atoms with Crippen molar-refractivity contribution in [2.24, 2.45) is 0 Å². The number of ether oxygens (including phenoxy) is 2. The zero-order valence-corrected chi connectivity index (χ0v) is 19.4. The molecule has 0 fully saturated rings. The highest BCUT2D eigenvalue weighted by Gasteiger charge is 2.15. The lowest BCUT2D eigenvalue weighted by atomic mass is 10.1. The third kappa shape index (κ3) is 6.31. The highest BCUT2D eigenvalue weighted by atomic mass is 127. The number of rotatable bonds is 8. The summed E-state index contributed by atoms with van der Waals surface area (Å²) < 4.78 is 25.8. The van der Waals surface area contributed by atoms with Crippen LogP contribution in [0.5, 0.6) is 11.5 Å². The molecule has 32 heavy (non-hydrogen) atoms. The Morgan fingerprint density at radius 3 is 2.59 bits per heavy atom.